The van der Waals surface area contributed by atoms with E-state index in [1.54, 1.807) is 0 Å². The van der Waals surface area contributed by atoms with Gasteiger partial charge in [-0.25, -0.2) is 9.59 Å². The van der Waals surface area contributed by atoms with Gasteiger partial charge in [-0.2, -0.15) is 0 Å². The molecule has 0 bridgehead atoms. The molecule has 2 atom stereocenters. The number of carboxylic acids is 2. The van der Waals surface area contributed by atoms with Crippen LogP contribution in [0.1, 0.15) is 24.2 Å². The monoisotopic (exact) mass is 279 g/mol. The van der Waals surface area contributed by atoms with Crippen molar-refractivity contribution in [3.63, 3.8) is 0 Å². The summed E-state index contributed by atoms with van der Waals surface area (Å²) in [6.07, 6.45) is -0.819. The van der Waals surface area contributed by atoms with Crippen LogP contribution < -0.4 is 9.64 Å². The first-order valence-corrected chi connectivity index (χ1v) is 5.92. The van der Waals surface area contributed by atoms with Crippen LogP contribution in [0.4, 0.5) is 5.69 Å². The van der Waals surface area contributed by atoms with Crippen LogP contribution in [0, 0.1) is 0 Å². The van der Waals surface area contributed by atoms with Gasteiger partial charge in [0.25, 0.3) is 5.91 Å². The van der Waals surface area contributed by atoms with Crippen molar-refractivity contribution in [3.05, 3.63) is 23.8 Å². The van der Waals surface area contributed by atoms with Gasteiger partial charge >= 0.3 is 11.9 Å². The maximum Gasteiger partial charge on any atom is 0.335 e. The number of aliphatic carboxylic acids is 1. The molecule has 1 aliphatic heterocycles. The Morgan fingerprint density at radius 2 is 2.00 bits per heavy atom. The van der Waals surface area contributed by atoms with E-state index in [9.17, 15) is 14.4 Å². The van der Waals surface area contributed by atoms with Gasteiger partial charge in [-0.05, 0) is 32.0 Å². The number of ether oxygens (including phenoxy) is 1. The smallest absolute Gasteiger partial charge is 0.335 e. The third-order valence-corrected chi connectivity index (χ3v) is 3.10. The molecule has 2 rings (SSSR count). The number of hydrogen-bond acceptors (Lipinski definition) is 4. The third-order valence-electron chi connectivity index (χ3n) is 3.10. The van der Waals surface area contributed by atoms with E-state index < -0.39 is 30.0 Å². The summed E-state index contributed by atoms with van der Waals surface area (Å²) in [6, 6.07) is 2.88. The number of fused-ring (bicyclic) bond motifs is 1. The van der Waals surface area contributed by atoms with Gasteiger partial charge in [0.2, 0.25) is 0 Å². The fourth-order valence-electron chi connectivity index (χ4n) is 2.00. The minimum Gasteiger partial charge on any atom is -0.480 e. The summed E-state index contributed by atoms with van der Waals surface area (Å²) in [7, 11) is 0. The quantitative estimate of drug-likeness (QED) is 0.854. The van der Waals surface area contributed by atoms with E-state index in [4.69, 9.17) is 14.9 Å². The second-order valence-electron chi connectivity index (χ2n) is 4.47. The van der Waals surface area contributed by atoms with E-state index in [1.165, 1.54) is 32.0 Å². The molecule has 0 fully saturated rings. The molecule has 1 aromatic rings. The molecular weight excluding hydrogens is 266 g/mol. The van der Waals surface area contributed by atoms with Crippen LogP contribution in [0.5, 0.6) is 5.75 Å². The van der Waals surface area contributed by atoms with E-state index >= 15 is 0 Å². The molecule has 0 spiro atoms. The summed E-state index contributed by atoms with van der Waals surface area (Å²) >= 11 is 0. The number of aromatic carboxylic acids is 1. The number of carbonyl (C=O) groups excluding carboxylic acids is 1. The van der Waals surface area contributed by atoms with E-state index in [0.29, 0.717) is 0 Å². The van der Waals surface area contributed by atoms with Crippen molar-refractivity contribution in [2.24, 2.45) is 0 Å². The molecule has 2 unspecified atom stereocenters. The van der Waals surface area contributed by atoms with Crippen molar-refractivity contribution in [1.29, 1.82) is 0 Å². The van der Waals surface area contributed by atoms with Crippen molar-refractivity contribution >= 4 is 23.5 Å². The summed E-state index contributed by atoms with van der Waals surface area (Å²) in [4.78, 5) is 35.3. The van der Waals surface area contributed by atoms with E-state index in [-0.39, 0.29) is 17.0 Å². The van der Waals surface area contributed by atoms with E-state index in [1.807, 2.05) is 0 Å². The molecular formula is C13H13NO6. The topological polar surface area (TPSA) is 104 Å². The summed E-state index contributed by atoms with van der Waals surface area (Å²) in [5.74, 6) is -2.58. The van der Waals surface area contributed by atoms with Gasteiger partial charge in [-0.15, -0.1) is 0 Å². The van der Waals surface area contributed by atoms with Crippen molar-refractivity contribution in [3.8, 4) is 5.75 Å². The number of benzene rings is 1. The molecule has 0 aliphatic carbocycles. The van der Waals surface area contributed by atoms with Crippen molar-refractivity contribution < 1.29 is 29.3 Å². The summed E-state index contributed by atoms with van der Waals surface area (Å²) in [5, 5.41) is 18.1. The molecule has 0 radical (unpaired) electrons. The lowest BCUT2D eigenvalue weighted by Gasteiger charge is -2.35. The highest BCUT2D eigenvalue weighted by Gasteiger charge is 2.37. The van der Waals surface area contributed by atoms with E-state index in [0.717, 1.165) is 4.90 Å². The summed E-state index contributed by atoms with van der Waals surface area (Å²) in [6.45, 7) is 2.87. The minimum atomic E-state index is -1.18. The Morgan fingerprint density at radius 3 is 2.55 bits per heavy atom. The Morgan fingerprint density at radius 1 is 1.35 bits per heavy atom. The molecule has 106 valence electrons. The predicted octanol–water partition coefficient (Wildman–Crippen LogP) is 0.972. The molecule has 0 aromatic heterocycles. The van der Waals surface area contributed by atoms with Crippen LogP contribution in [0.25, 0.3) is 0 Å². The average Bonchev–Trinajstić information content (AvgIpc) is 2.38. The number of rotatable bonds is 3. The number of carboxylic acid groups (broad SMARTS) is 2. The lowest BCUT2D eigenvalue weighted by Crippen LogP contribution is -2.51. The number of hydrogen-bond donors (Lipinski definition) is 2. The standard InChI is InChI=1S/C13H13NO6/c1-6(12(16)17)14-9-5-8(13(18)19)3-4-10(9)20-7(2)11(14)15/h3-7H,1-2H3,(H,16,17)(H,18,19). The first-order valence-electron chi connectivity index (χ1n) is 5.92. The Balaban J connectivity index is 2.57. The van der Waals surface area contributed by atoms with Crippen LogP contribution in [0.15, 0.2) is 18.2 Å². The predicted molar refractivity (Wildman–Crippen MR) is 68.1 cm³/mol. The van der Waals surface area contributed by atoms with Gasteiger partial charge in [0.15, 0.2) is 6.10 Å². The van der Waals surface area contributed by atoms with Crippen molar-refractivity contribution in [2.75, 3.05) is 4.90 Å². The van der Waals surface area contributed by atoms with Gasteiger partial charge < -0.3 is 14.9 Å². The van der Waals surface area contributed by atoms with Crippen LogP contribution in [-0.4, -0.2) is 40.2 Å². The van der Waals surface area contributed by atoms with Crippen molar-refractivity contribution in [2.45, 2.75) is 26.0 Å². The SMILES string of the molecule is CC1Oc2ccc(C(=O)O)cc2N(C(C)C(=O)O)C1=O. The minimum absolute atomic E-state index is 0.0442. The van der Waals surface area contributed by atoms with Crippen LogP contribution in [0.2, 0.25) is 0 Å². The molecule has 0 saturated heterocycles. The molecule has 7 nitrogen and oxygen atoms in total. The zero-order valence-electron chi connectivity index (χ0n) is 10.9. The average molecular weight is 279 g/mol. The number of carbonyl (C=O) groups is 3. The molecule has 20 heavy (non-hydrogen) atoms. The second kappa shape index (κ2) is 4.84. The molecule has 1 amide bonds. The first-order chi connectivity index (χ1) is 9.32. The van der Waals surface area contributed by atoms with Crippen molar-refractivity contribution in [1.82, 2.24) is 0 Å². The lowest BCUT2D eigenvalue weighted by molar-refractivity contribution is -0.140. The summed E-state index contributed by atoms with van der Waals surface area (Å²) < 4.78 is 5.36. The normalized spacial score (nSPS) is 19.0. The van der Waals surface area contributed by atoms with Gasteiger partial charge in [-0.3, -0.25) is 9.69 Å². The molecule has 0 saturated carbocycles. The molecule has 7 heteroatoms. The first kappa shape index (κ1) is 13.9. The Bertz CT molecular complexity index is 597. The third kappa shape index (κ3) is 2.18. The zero-order chi connectivity index (χ0) is 15.0. The largest absolute Gasteiger partial charge is 0.480 e. The van der Waals surface area contributed by atoms with Crippen LogP contribution in [0.3, 0.4) is 0 Å². The Hall–Kier alpha value is -2.57. The maximum atomic E-state index is 12.1. The van der Waals surface area contributed by atoms with Crippen LogP contribution >= 0.6 is 0 Å². The number of anilines is 1. The lowest BCUT2D eigenvalue weighted by atomic mass is 10.1. The van der Waals surface area contributed by atoms with Gasteiger partial charge in [0, 0.05) is 0 Å². The highest BCUT2D eigenvalue weighted by molar-refractivity contribution is 6.05. The van der Waals surface area contributed by atoms with Gasteiger partial charge in [0.05, 0.1) is 11.3 Å². The molecule has 2 N–H and O–H groups in total. The van der Waals surface area contributed by atoms with Gasteiger partial charge in [-0.1, -0.05) is 0 Å². The van der Waals surface area contributed by atoms with Crippen LogP contribution in [-0.2, 0) is 9.59 Å². The number of nitrogens with zero attached hydrogens (tertiary/aromatic N) is 1. The fraction of sp³-hybridized carbons (Fsp3) is 0.308. The molecule has 1 aliphatic rings. The molecule has 1 aromatic carbocycles. The second-order valence-corrected chi connectivity index (χ2v) is 4.47. The zero-order valence-corrected chi connectivity index (χ0v) is 10.9. The van der Waals surface area contributed by atoms with Gasteiger partial charge in [0.1, 0.15) is 11.8 Å². The van der Waals surface area contributed by atoms with E-state index in [2.05, 4.69) is 0 Å². The highest BCUT2D eigenvalue weighted by atomic mass is 16.5. The molecule has 1 heterocycles. The maximum absolute atomic E-state index is 12.1. The number of amides is 1. The highest BCUT2D eigenvalue weighted by Crippen LogP contribution is 2.36. The fourth-order valence-corrected chi connectivity index (χ4v) is 2.00. The Labute approximate surface area is 114 Å². The Kier molecular flexibility index (Phi) is 3.35. The summed E-state index contributed by atoms with van der Waals surface area (Å²) in [5.41, 5.74) is 0.111.